The summed E-state index contributed by atoms with van der Waals surface area (Å²) in [6.45, 7) is 0. The first-order valence-corrected chi connectivity index (χ1v) is 8.94. The predicted octanol–water partition coefficient (Wildman–Crippen LogP) is 5.32. The summed E-state index contributed by atoms with van der Waals surface area (Å²) >= 11 is 0.728. The molecule has 0 fully saturated rings. The molecule has 2 aromatic carbocycles. The first-order valence-electron chi connectivity index (χ1n) is 7.31. The molecule has 138 valence electrons. The monoisotopic (exact) mass is 400 g/mol. The van der Waals surface area contributed by atoms with Crippen LogP contribution >= 0.6 is 23.5 Å². The standard InChI is InChI=1S/C17H15F3N2O2S2/c1-22(2)16(24)25-14-6-4-3-5-13(14)21-15(23)11-7-9-12(10-8-11)26-17(18,19)20/h3-10H,1-2H3,(H,21,23). The number of nitrogens with zero attached hydrogens (tertiary/aromatic N) is 1. The van der Waals surface area contributed by atoms with Gasteiger partial charge >= 0.3 is 5.51 Å². The Hall–Kier alpha value is -2.13. The Bertz CT molecular complexity index is 793. The number of rotatable bonds is 4. The normalized spacial score (nSPS) is 11.1. The van der Waals surface area contributed by atoms with E-state index in [4.69, 9.17) is 0 Å². The number of para-hydroxylation sites is 1. The van der Waals surface area contributed by atoms with Crippen LogP contribution in [0.25, 0.3) is 0 Å². The Labute approximate surface area is 157 Å². The van der Waals surface area contributed by atoms with Crippen LogP contribution in [0.3, 0.4) is 0 Å². The molecule has 2 aromatic rings. The second-order valence-corrected chi connectivity index (χ2v) is 7.42. The van der Waals surface area contributed by atoms with Crippen LogP contribution in [0.4, 0.5) is 23.7 Å². The number of alkyl halides is 3. The molecule has 0 aromatic heterocycles. The molecule has 2 rings (SSSR count). The lowest BCUT2D eigenvalue weighted by Crippen LogP contribution is -2.17. The van der Waals surface area contributed by atoms with Gasteiger partial charge in [0.15, 0.2) is 0 Å². The fourth-order valence-electron chi connectivity index (χ4n) is 1.85. The van der Waals surface area contributed by atoms with Crippen LogP contribution < -0.4 is 5.32 Å². The largest absolute Gasteiger partial charge is 0.446 e. The average Bonchev–Trinajstić information content (AvgIpc) is 2.55. The fourth-order valence-corrected chi connectivity index (χ4v) is 3.13. The van der Waals surface area contributed by atoms with Crippen molar-refractivity contribution in [3.05, 3.63) is 54.1 Å². The molecule has 0 saturated carbocycles. The number of amides is 2. The topological polar surface area (TPSA) is 49.4 Å². The number of anilines is 1. The molecule has 0 aliphatic rings. The SMILES string of the molecule is CN(C)C(=O)Sc1ccccc1NC(=O)c1ccc(SC(F)(F)F)cc1. The van der Waals surface area contributed by atoms with Gasteiger partial charge in [-0.3, -0.25) is 9.59 Å². The summed E-state index contributed by atoms with van der Waals surface area (Å²) in [5.74, 6) is -0.473. The van der Waals surface area contributed by atoms with Gasteiger partial charge in [0.05, 0.1) is 5.69 Å². The van der Waals surface area contributed by atoms with E-state index in [1.54, 1.807) is 38.4 Å². The molecule has 1 N–H and O–H groups in total. The summed E-state index contributed by atoms with van der Waals surface area (Å²) < 4.78 is 37.0. The quantitative estimate of drug-likeness (QED) is 0.706. The van der Waals surface area contributed by atoms with Gasteiger partial charge in [0, 0.05) is 29.4 Å². The molecule has 9 heteroatoms. The van der Waals surface area contributed by atoms with Crippen molar-refractivity contribution in [2.45, 2.75) is 15.3 Å². The number of benzene rings is 2. The van der Waals surface area contributed by atoms with Crippen molar-refractivity contribution in [3.8, 4) is 0 Å². The molecule has 4 nitrogen and oxygen atoms in total. The highest BCUT2D eigenvalue weighted by Gasteiger charge is 2.29. The Morgan fingerprint density at radius 1 is 1.00 bits per heavy atom. The Balaban J connectivity index is 2.11. The molecule has 0 aliphatic carbocycles. The lowest BCUT2D eigenvalue weighted by Gasteiger charge is -2.13. The summed E-state index contributed by atoms with van der Waals surface area (Å²) in [5, 5.41) is 2.49. The zero-order valence-electron chi connectivity index (χ0n) is 13.8. The minimum atomic E-state index is -4.38. The zero-order valence-corrected chi connectivity index (χ0v) is 15.5. The lowest BCUT2D eigenvalue weighted by atomic mass is 10.2. The third-order valence-electron chi connectivity index (χ3n) is 3.05. The van der Waals surface area contributed by atoms with E-state index in [-0.39, 0.29) is 27.5 Å². The minimum absolute atomic E-state index is 0.00147. The van der Waals surface area contributed by atoms with Gasteiger partial charge in [0.1, 0.15) is 0 Å². The third kappa shape index (κ3) is 5.99. The first-order chi connectivity index (χ1) is 12.2. The molecule has 0 saturated heterocycles. The zero-order chi connectivity index (χ0) is 19.3. The van der Waals surface area contributed by atoms with Gasteiger partial charge in [-0.15, -0.1) is 0 Å². The summed E-state index contributed by atoms with van der Waals surface area (Å²) in [7, 11) is 3.24. The van der Waals surface area contributed by atoms with Crippen LogP contribution in [-0.4, -0.2) is 35.6 Å². The highest BCUT2D eigenvalue weighted by Crippen LogP contribution is 2.36. The Kier molecular flexibility index (Phi) is 6.60. The van der Waals surface area contributed by atoms with Crippen LogP contribution in [0.1, 0.15) is 10.4 Å². The molecule has 0 radical (unpaired) electrons. The van der Waals surface area contributed by atoms with Crippen LogP contribution in [0.5, 0.6) is 0 Å². The average molecular weight is 400 g/mol. The maximum Gasteiger partial charge on any atom is 0.446 e. The van der Waals surface area contributed by atoms with E-state index in [9.17, 15) is 22.8 Å². The molecular weight excluding hydrogens is 385 g/mol. The third-order valence-corrected chi connectivity index (χ3v) is 4.90. The molecule has 26 heavy (non-hydrogen) atoms. The summed E-state index contributed by atoms with van der Waals surface area (Å²) in [6.07, 6.45) is 0. The number of hydrogen-bond donors (Lipinski definition) is 1. The van der Waals surface area contributed by atoms with Crippen molar-refractivity contribution < 1.29 is 22.8 Å². The van der Waals surface area contributed by atoms with Crippen molar-refractivity contribution in [2.24, 2.45) is 0 Å². The smallest absolute Gasteiger partial charge is 0.339 e. The summed E-state index contributed by atoms with van der Waals surface area (Å²) in [6, 6.07) is 11.9. The minimum Gasteiger partial charge on any atom is -0.339 e. The molecule has 0 heterocycles. The van der Waals surface area contributed by atoms with Gasteiger partial charge in [-0.2, -0.15) is 13.2 Å². The highest BCUT2D eigenvalue weighted by atomic mass is 32.2. The van der Waals surface area contributed by atoms with E-state index in [2.05, 4.69) is 5.32 Å². The van der Waals surface area contributed by atoms with Gasteiger partial charge in [-0.1, -0.05) is 12.1 Å². The number of halogens is 3. The number of nitrogens with one attached hydrogen (secondary N) is 1. The maximum atomic E-state index is 12.3. The van der Waals surface area contributed by atoms with E-state index in [1.165, 1.54) is 29.2 Å². The number of hydrogen-bond acceptors (Lipinski definition) is 4. The van der Waals surface area contributed by atoms with Crippen molar-refractivity contribution >= 4 is 40.4 Å². The molecule has 2 amide bonds. The highest BCUT2D eigenvalue weighted by molar-refractivity contribution is 8.13. The van der Waals surface area contributed by atoms with Crippen molar-refractivity contribution in [1.29, 1.82) is 0 Å². The summed E-state index contributed by atoms with van der Waals surface area (Å²) in [5.41, 5.74) is -3.71. The lowest BCUT2D eigenvalue weighted by molar-refractivity contribution is -0.0328. The van der Waals surface area contributed by atoms with E-state index in [1.807, 2.05) is 0 Å². The molecule has 0 bridgehead atoms. The van der Waals surface area contributed by atoms with Crippen molar-refractivity contribution in [2.75, 3.05) is 19.4 Å². The van der Waals surface area contributed by atoms with E-state index in [0.29, 0.717) is 10.6 Å². The van der Waals surface area contributed by atoms with Gasteiger partial charge in [0.2, 0.25) is 0 Å². The van der Waals surface area contributed by atoms with Crippen LogP contribution in [0.2, 0.25) is 0 Å². The van der Waals surface area contributed by atoms with Crippen molar-refractivity contribution in [1.82, 2.24) is 4.90 Å². The summed E-state index contributed by atoms with van der Waals surface area (Å²) in [4.78, 5) is 26.2. The van der Waals surface area contributed by atoms with Gasteiger partial charge < -0.3 is 10.2 Å². The fraction of sp³-hybridized carbons (Fsp3) is 0.176. The van der Waals surface area contributed by atoms with E-state index in [0.717, 1.165) is 11.8 Å². The second kappa shape index (κ2) is 8.50. The molecule has 0 unspecified atom stereocenters. The Morgan fingerprint density at radius 3 is 2.19 bits per heavy atom. The number of thioether (sulfide) groups is 2. The van der Waals surface area contributed by atoms with Gasteiger partial charge in [0.25, 0.3) is 11.1 Å². The molecular formula is C17H15F3N2O2S2. The molecule has 0 atom stereocenters. The van der Waals surface area contributed by atoms with Crippen LogP contribution in [-0.2, 0) is 0 Å². The van der Waals surface area contributed by atoms with Crippen LogP contribution in [0, 0.1) is 0 Å². The number of carbonyl (C=O) groups is 2. The van der Waals surface area contributed by atoms with E-state index >= 15 is 0 Å². The van der Waals surface area contributed by atoms with E-state index < -0.39 is 11.4 Å². The first kappa shape index (κ1) is 20.2. The van der Waals surface area contributed by atoms with Crippen LogP contribution in [0.15, 0.2) is 58.3 Å². The second-order valence-electron chi connectivity index (χ2n) is 5.28. The van der Waals surface area contributed by atoms with Crippen molar-refractivity contribution in [3.63, 3.8) is 0 Å². The molecule has 0 aliphatic heterocycles. The predicted molar refractivity (Wildman–Crippen MR) is 97.7 cm³/mol. The van der Waals surface area contributed by atoms with Gasteiger partial charge in [-0.25, -0.2) is 0 Å². The Morgan fingerprint density at radius 2 is 1.62 bits per heavy atom. The molecule has 0 spiro atoms. The van der Waals surface area contributed by atoms with Gasteiger partial charge in [-0.05, 0) is 59.9 Å². The number of carbonyl (C=O) groups excluding carboxylic acids is 2. The maximum absolute atomic E-state index is 12.3.